The third kappa shape index (κ3) is 2.45. The number of H-pyrrole nitrogens is 1. The molecule has 1 aliphatic heterocycles. The van der Waals surface area contributed by atoms with Crippen LogP contribution in [0.25, 0.3) is 5.65 Å². The van der Waals surface area contributed by atoms with E-state index >= 15 is 0 Å². The Morgan fingerprint density at radius 1 is 1.63 bits per heavy atom. The highest BCUT2D eigenvalue weighted by molar-refractivity contribution is 5.49. The third-order valence-corrected chi connectivity index (χ3v) is 3.09. The van der Waals surface area contributed by atoms with Gasteiger partial charge < -0.3 is 15.4 Å². The van der Waals surface area contributed by atoms with E-state index in [9.17, 15) is 4.79 Å². The summed E-state index contributed by atoms with van der Waals surface area (Å²) in [4.78, 5) is 15.8. The van der Waals surface area contributed by atoms with Crippen molar-refractivity contribution in [1.29, 1.82) is 0 Å². The van der Waals surface area contributed by atoms with Crippen molar-refractivity contribution < 1.29 is 4.74 Å². The number of morpholine rings is 1. The first-order valence-corrected chi connectivity index (χ1v) is 6.25. The van der Waals surface area contributed by atoms with Crippen LogP contribution in [-0.2, 0) is 4.74 Å². The van der Waals surface area contributed by atoms with E-state index in [0.717, 1.165) is 19.7 Å². The summed E-state index contributed by atoms with van der Waals surface area (Å²) in [6.07, 6.45) is 0.133. The largest absolute Gasteiger partial charge is 0.374 e. The standard InChI is InChI=1S/C11H16N6O2/c1-7-14-9(4-10-15-16-11(18)17(7)10)13-6-8-5-12-2-3-19-8/h4,8,12-13H,2-3,5-6H2,1H3,(H,16,18). The highest BCUT2D eigenvalue weighted by Gasteiger charge is 2.13. The zero-order valence-corrected chi connectivity index (χ0v) is 10.6. The quantitative estimate of drug-likeness (QED) is 0.666. The van der Waals surface area contributed by atoms with Gasteiger partial charge in [-0.25, -0.2) is 19.3 Å². The molecule has 3 N–H and O–H groups in total. The van der Waals surface area contributed by atoms with Crippen LogP contribution in [0.4, 0.5) is 5.82 Å². The van der Waals surface area contributed by atoms with Crippen LogP contribution in [0.15, 0.2) is 10.9 Å². The first kappa shape index (κ1) is 12.1. The van der Waals surface area contributed by atoms with E-state index in [1.165, 1.54) is 4.40 Å². The van der Waals surface area contributed by atoms with Crippen LogP contribution < -0.4 is 16.3 Å². The second-order valence-electron chi connectivity index (χ2n) is 4.49. The number of anilines is 1. The Hall–Kier alpha value is -1.93. The van der Waals surface area contributed by atoms with Crippen LogP contribution in [0.2, 0.25) is 0 Å². The van der Waals surface area contributed by atoms with Gasteiger partial charge >= 0.3 is 5.69 Å². The lowest BCUT2D eigenvalue weighted by Gasteiger charge is -2.24. The molecule has 1 aliphatic rings. The molecule has 0 aromatic carbocycles. The van der Waals surface area contributed by atoms with Gasteiger partial charge in [0.25, 0.3) is 0 Å². The van der Waals surface area contributed by atoms with Gasteiger partial charge in [0.05, 0.1) is 12.7 Å². The monoisotopic (exact) mass is 264 g/mol. The fourth-order valence-electron chi connectivity index (χ4n) is 2.16. The fourth-order valence-corrected chi connectivity index (χ4v) is 2.16. The lowest BCUT2D eigenvalue weighted by molar-refractivity contribution is 0.0372. The minimum absolute atomic E-state index is 0.133. The number of aromatic nitrogens is 4. The topological polar surface area (TPSA) is 96.3 Å². The molecule has 8 heteroatoms. The number of rotatable bonds is 3. The van der Waals surface area contributed by atoms with Gasteiger partial charge in [0.1, 0.15) is 11.6 Å². The second kappa shape index (κ2) is 4.98. The van der Waals surface area contributed by atoms with Crippen molar-refractivity contribution in [1.82, 2.24) is 24.9 Å². The summed E-state index contributed by atoms with van der Waals surface area (Å²) in [5.41, 5.74) is 0.286. The van der Waals surface area contributed by atoms with E-state index in [1.54, 1.807) is 13.0 Å². The van der Waals surface area contributed by atoms with Crippen molar-refractivity contribution >= 4 is 11.5 Å². The smallest absolute Gasteiger partial charge is 0.349 e. The Bertz CT molecular complexity index is 628. The molecule has 1 saturated heterocycles. The minimum Gasteiger partial charge on any atom is -0.374 e. The van der Waals surface area contributed by atoms with Crippen molar-refractivity contribution in [2.24, 2.45) is 0 Å². The van der Waals surface area contributed by atoms with Gasteiger partial charge in [-0.1, -0.05) is 0 Å². The van der Waals surface area contributed by atoms with E-state index in [1.807, 2.05) is 0 Å². The molecule has 1 atom stereocenters. The molecule has 0 amide bonds. The molecule has 8 nitrogen and oxygen atoms in total. The molecule has 3 rings (SSSR count). The number of nitrogens with one attached hydrogen (secondary N) is 3. The third-order valence-electron chi connectivity index (χ3n) is 3.09. The lowest BCUT2D eigenvalue weighted by Crippen LogP contribution is -2.42. The molecule has 102 valence electrons. The predicted molar refractivity (Wildman–Crippen MR) is 69.4 cm³/mol. The molecule has 2 aromatic rings. The van der Waals surface area contributed by atoms with Crippen molar-refractivity contribution in [3.8, 4) is 0 Å². The lowest BCUT2D eigenvalue weighted by atomic mass is 10.3. The van der Waals surface area contributed by atoms with Gasteiger partial charge in [-0.2, -0.15) is 5.10 Å². The summed E-state index contributed by atoms with van der Waals surface area (Å²) < 4.78 is 7.03. The normalized spacial score (nSPS) is 19.7. The zero-order chi connectivity index (χ0) is 13.2. The first-order chi connectivity index (χ1) is 9.24. The van der Waals surface area contributed by atoms with Crippen LogP contribution in [0.5, 0.6) is 0 Å². The summed E-state index contributed by atoms with van der Waals surface area (Å²) in [5, 5.41) is 12.8. The summed E-state index contributed by atoms with van der Waals surface area (Å²) in [6.45, 7) is 4.90. The molecule has 2 aromatic heterocycles. The number of hydrogen-bond donors (Lipinski definition) is 3. The molecular formula is C11H16N6O2. The van der Waals surface area contributed by atoms with E-state index in [0.29, 0.717) is 23.8 Å². The number of fused-ring (bicyclic) bond motifs is 1. The van der Waals surface area contributed by atoms with Gasteiger partial charge in [0.2, 0.25) is 0 Å². The Morgan fingerprint density at radius 3 is 3.32 bits per heavy atom. The fraction of sp³-hybridized carbons (Fsp3) is 0.545. The van der Waals surface area contributed by atoms with Gasteiger partial charge in [0.15, 0.2) is 5.65 Å². The van der Waals surface area contributed by atoms with E-state index in [4.69, 9.17) is 4.74 Å². The molecule has 1 fully saturated rings. The number of nitrogens with zero attached hydrogens (tertiary/aromatic N) is 3. The molecule has 0 saturated carbocycles. The van der Waals surface area contributed by atoms with Crippen LogP contribution in [-0.4, -0.2) is 51.9 Å². The van der Waals surface area contributed by atoms with Gasteiger partial charge in [-0.3, -0.25) is 0 Å². The number of hydrogen-bond acceptors (Lipinski definition) is 6. The molecule has 19 heavy (non-hydrogen) atoms. The Morgan fingerprint density at radius 2 is 2.53 bits per heavy atom. The molecule has 0 aliphatic carbocycles. The molecule has 0 radical (unpaired) electrons. The maximum atomic E-state index is 11.5. The van der Waals surface area contributed by atoms with Crippen LogP contribution in [0.3, 0.4) is 0 Å². The van der Waals surface area contributed by atoms with E-state index < -0.39 is 0 Å². The van der Waals surface area contributed by atoms with Crippen molar-refractivity contribution in [2.45, 2.75) is 13.0 Å². The molecular weight excluding hydrogens is 248 g/mol. The Labute approximate surface area is 109 Å². The molecule has 0 bridgehead atoms. The van der Waals surface area contributed by atoms with Crippen molar-refractivity contribution in [3.63, 3.8) is 0 Å². The van der Waals surface area contributed by atoms with E-state index in [2.05, 4.69) is 25.8 Å². The number of aromatic amines is 1. The summed E-state index contributed by atoms with van der Waals surface area (Å²) in [6, 6.07) is 1.74. The van der Waals surface area contributed by atoms with Gasteiger partial charge in [-0.05, 0) is 6.92 Å². The van der Waals surface area contributed by atoms with Gasteiger partial charge in [-0.15, -0.1) is 0 Å². The predicted octanol–water partition coefficient (Wildman–Crippen LogP) is -0.874. The van der Waals surface area contributed by atoms with Crippen LogP contribution in [0, 0.1) is 6.92 Å². The first-order valence-electron chi connectivity index (χ1n) is 6.25. The SMILES string of the molecule is Cc1nc(NCC2CNCCO2)cc2n[nH]c(=O)n12. The highest BCUT2D eigenvalue weighted by Crippen LogP contribution is 2.08. The molecule has 1 unspecified atom stereocenters. The average molecular weight is 264 g/mol. The van der Waals surface area contributed by atoms with E-state index in [-0.39, 0.29) is 11.8 Å². The molecule has 3 heterocycles. The van der Waals surface area contributed by atoms with Crippen molar-refractivity contribution in [2.75, 3.05) is 31.6 Å². The summed E-state index contributed by atoms with van der Waals surface area (Å²) in [5.74, 6) is 1.29. The maximum absolute atomic E-state index is 11.5. The van der Waals surface area contributed by atoms with Crippen molar-refractivity contribution in [3.05, 3.63) is 22.4 Å². The Balaban J connectivity index is 1.75. The highest BCUT2D eigenvalue weighted by atomic mass is 16.5. The average Bonchev–Trinajstić information content (AvgIpc) is 2.80. The minimum atomic E-state index is -0.272. The zero-order valence-electron chi connectivity index (χ0n) is 10.6. The second-order valence-corrected chi connectivity index (χ2v) is 4.49. The summed E-state index contributed by atoms with van der Waals surface area (Å²) >= 11 is 0. The van der Waals surface area contributed by atoms with Crippen LogP contribution in [0.1, 0.15) is 5.82 Å². The van der Waals surface area contributed by atoms with Gasteiger partial charge in [0, 0.05) is 25.7 Å². The Kier molecular flexibility index (Phi) is 3.18. The maximum Gasteiger partial charge on any atom is 0.349 e. The number of aryl methyl sites for hydroxylation is 1. The van der Waals surface area contributed by atoms with Crippen LogP contribution >= 0.6 is 0 Å². The molecule has 0 spiro atoms. The summed E-state index contributed by atoms with van der Waals surface area (Å²) in [7, 11) is 0. The number of ether oxygens (including phenoxy) is 1.